The molecule has 0 spiro atoms. The molecule has 0 saturated carbocycles. The summed E-state index contributed by atoms with van der Waals surface area (Å²) in [7, 11) is 1.92. The van der Waals surface area contributed by atoms with E-state index in [1.54, 1.807) is 6.08 Å². The molecule has 18 heavy (non-hydrogen) atoms. The maximum absolute atomic E-state index is 11.7. The SMILES string of the molecule is CC=C=C=C=CN([O-])CC(CNC)C(C)C(C)C. The Balaban J connectivity index is 4.59. The summed E-state index contributed by atoms with van der Waals surface area (Å²) >= 11 is 0. The molecule has 0 aliphatic rings. The molecule has 3 nitrogen and oxygen atoms in total. The number of hydrogen-bond donors (Lipinski definition) is 1. The molecule has 3 heteroatoms. The Morgan fingerprint density at radius 1 is 1.28 bits per heavy atom. The molecule has 0 aromatic rings. The Morgan fingerprint density at radius 3 is 2.44 bits per heavy atom. The average Bonchev–Trinajstić information content (AvgIpc) is 2.33. The summed E-state index contributed by atoms with van der Waals surface area (Å²) in [5, 5.41) is 15.8. The van der Waals surface area contributed by atoms with Crippen molar-refractivity contribution in [2.75, 3.05) is 20.1 Å². The Morgan fingerprint density at radius 2 is 1.94 bits per heavy atom. The third kappa shape index (κ3) is 7.19. The lowest BCUT2D eigenvalue weighted by Gasteiger charge is -2.34. The summed E-state index contributed by atoms with van der Waals surface area (Å²) in [6.07, 6.45) is 3.10. The van der Waals surface area contributed by atoms with Gasteiger partial charge in [0.1, 0.15) is 0 Å². The second-order valence-electron chi connectivity index (χ2n) is 4.85. The highest BCUT2D eigenvalue weighted by molar-refractivity contribution is 4.88. The molecule has 0 aliphatic heterocycles. The first kappa shape index (κ1) is 16.8. The third-order valence-electron chi connectivity index (χ3n) is 3.17. The molecule has 0 bridgehead atoms. The molecule has 0 aromatic heterocycles. The highest BCUT2D eigenvalue weighted by Crippen LogP contribution is 2.20. The van der Waals surface area contributed by atoms with Crippen LogP contribution in [0.1, 0.15) is 27.7 Å². The van der Waals surface area contributed by atoms with E-state index < -0.39 is 0 Å². The number of hydrogen-bond acceptors (Lipinski definition) is 3. The van der Waals surface area contributed by atoms with Crippen molar-refractivity contribution in [2.45, 2.75) is 27.7 Å². The summed E-state index contributed by atoms with van der Waals surface area (Å²) < 4.78 is 0. The van der Waals surface area contributed by atoms with Crippen LogP contribution in [-0.2, 0) is 0 Å². The minimum Gasteiger partial charge on any atom is -0.758 e. The summed E-state index contributed by atoms with van der Waals surface area (Å²) in [4.78, 5) is 0. The van der Waals surface area contributed by atoms with E-state index in [-0.39, 0.29) is 0 Å². The quantitative estimate of drug-likeness (QED) is 0.557. The molecular formula is C15H25N2O-. The maximum Gasteiger partial charge on any atom is 0.0408 e. The molecule has 2 unspecified atom stereocenters. The van der Waals surface area contributed by atoms with Gasteiger partial charge in [-0.05, 0) is 55.8 Å². The Bertz CT molecular complexity index is 344. The fourth-order valence-corrected chi connectivity index (χ4v) is 1.73. The van der Waals surface area contributed by atoms with Crippen LogP contribution in [0.3, 0.4) is 0 Å². The summed E-state index contributed by atoms with van der Waals surface area (Å²) in [6, 6.07) is 0. The van der Waals surface area contributed by atoms with Crippen LogP contribution in [0.5, 0.6) is 0 Å². The summed E-state index contributed by atoms with van der Waals surface area (Å²) in [6.45, 7) is 9.74. The molecule has 0 fully saturated rings. The lowest BCUT2D eigenvalue weighted by Crippen LogP contribution is -2.34. The molecule has 0 aromatic carbocycles. The predicted molar refractivity (Wildman–Crippen MR) is 76.8 cm³/mol. The van der Waals surface area contributed by atoms with E-state index in [9.17, 15) is 5.21 Å². The van der Waals surface area contributed by atoms with E-state index in [0.29, 0.717) is 24.3 Å². The van der Waals surface area contributed by atoms with Crippen molar-refractivity contribution < 1.29 is 0 Å². The summed E-state index contributed by atoms with van der Waals surface area (Å²) in [5.74, 6) is 1.40. The fraction of sp³-hybridized carbons (Fsp3) is 0.667. The van der Waals surface area contributed by atoms with Crippen molar-refractivity contribution in [2.24, 2.45) is 17.8 Å². The van der Waals surface area contributed by atoms with E-state index in [2.05, 4.69) is 43.3 Å². The van der Waals surface area contributed by atoms with Crippen LogP contribution < -0.4 is 5.32 Å². The number of allylic oxidation sites excluding steroid dienone is 1. The monoisotopic (exact) mass is 249 g/mol. The van der Waals surface area contributed by atoms with Crippen LogP contribution >= 0.6 is 0 Å². The first-order valence-corrected chi connectivity index (χ1v) is 6.48. The van der Waals surface area contributed by atoms with Crippen LogP contribution in [-0.4, -0.2) is 25.2 Å². The highest BCUT2D eigenvalue weighted by atomic mass is 16.5. The van der Waals surface area contributed by atoms with Gasteiger partial charge in [-0.3, -0.25) is 0 Å². The van der Waals surface area contributed by atoms with Gasteiger partial charge in [0.05, 0.1) is 0 Å². The molecule has 0 rings (SSSR count). The molecule has 0 amide bonds. The van der Waals surface area contributed by atoms with E-state index in [1.165, 1.54) is 6.20 Å². The Hall–Kier alpha value is -1.20. The van der Waals surface area contributed by atoms with Crippen molar-refractivity contribution in [3.63, 3.8) is 0 Å². The molecule has 1 N–H and O–H groups in total. The van der Waals surface area contributed by atoms with Crippen LogP contribution in [0.25, 0.3) is 0 Å². The zero-order chi connectivity index (χ0) is 14.0. The van der Waals surface area contributed by atoms with E-state index >= 15 is 0 Å². The van der Waals surface area contributed by atoms with Crippen molar-refractivity contribution in [1.82, 2.24) is 10.4 Å². The topological polar surface area (TPSA) is 38.3 Å². The van der Waals surface area contributed by atoms with Crippen molar-refractivity contribution in [3.8, 4) is 0 Å². The first-order valence-electron chi connectivity index (χ1n) is 6.48. The third-order valence-corrected chi connectivity index (χ3v) is 3.17. The first-order chi connectivity index (χ1) is 8.52. The largest absolute Gasteiger partial charge is 0.758 e. The van der Waals surface area contributed by atoms with Crippen molar-refractivity contribution >= 4 is 0 Å². The van der Waals surface area contributed by atoms with Gasteiger partial charge in [-0.2, -0.15) is 0 Å². The van der Waals surface area contributed by atoms with Crippen LogP contribution in [0.15, 0.2) is 29.5 Å². The number of rotatable bonds is 7. The molecule has 2 atom stereocenters. The molecule has 0 radical (unpaired) electrons. The van der Waals surface area contributed by atoms with Crippen molar-refractivity contribution in [1.29, 1.82) is 0 Å². The molecule has 0 heterocycles. The highest BCUT2D eigenvalue weighted by Gasteiger charge is 2.19. The summed E-state index contributed by atoms with van der Waals surface area (Å²) in [5.41, 5.74) is 8.06. The van der Waals surface area contributed by atoms with Crippen LogP contribution in [0, 0.1) is 23.0 Å². The van der Waals surface area contributed by atoms with Gasteiger partial charge in [0.25, 0.3) is 0 Å². The lowest BCUT2D eigenvalue weighted by molar-refractivity contribution is 0.233. The zero-order valence-electron chi connectivity index (χ0n) is 12.2. The standard InChI is InChI=1S/C15H25N2O/c1-6-7-8-9-10-17(18)12-15(11-16-5)14(4)13(2)3/h6,10,13-16H,11-12H2,1-5H3/q-1. The van der Waals surface area contributed by atoms with E-state index in [1.807, 2.05) is 14.0 Å². The zero-order valence-corrected chi connectivity index (χ0v) is 12.2. The van der Waals surface area contributed by atoms with Gasteiger partial charge < -0.3 is 15.6 Å². The number of nitrogens with one attached hydrogen (secondary N) is 1. The van der Waals surface area contributed by atoms with Gasteiger partial charge in [-0.1, -0.05) is 26.5 Å². The van der Waals surface area contributed by atoms with E-state index in [4.69, 9.17) is 0 Å². The van der Waals surface area contributed by atoms with Crippen LogP contribution in [0.4, 0.5) is 0 Å². The Labute approximate surface area is 111 Å². The van der Waals surface area contributed by atoms with Gasteiger partial charge in [0.15, 0.2) is 0 Å². The minimum absolute atomic E-state index is 0.330. The fourth-order valence-electron chi connectivity index (χ4n) is 1.73. The number of nitrogens with zero attached hydrogens (tertiary/aromatic N) is 1. The second kappa shape index (κ2) is 9.79. The average molecular weight is 249 g/mol. The molecule has 102 valence electrons. The van der Waals surface area contributed by atoms with Gasteiger partial charge in [-0.25, -0.2) is 0 Å². The predicted octanol–water partition coefficient (Wildman–Crippen LogP) is 2.91. The Kier molecular flexibility index (Phi) is 9.14. The van der Waals surface area contributed by atoms with Crippen LogP contribution in [0.2, 0.25) is 0 Å². The second-order valence-corrected chi connectivity index (χ2v) is 4.85. The smallest absolute Gasteiger partial charge is 0.0408 e. The minimum atomic E-state index is 0.330. The number of hydroxylamine groups is 2. The lowest BCUT2D eigenvalue weighted by atomic mass is 9.84. The molecule has 0 saturated heterocycles. The van der Waals surface area contributed by atoms with Gasteiger partial charge in [-0.15, -0.1) is 0 Å². The molecular weight excluding hydrogens is 224 g/mol. The van der Waals surface area contributed by atoms with Gasteiger partial charge in [0.2, 0.25) is 0 Å². The van der Waals surface area contributed by atoms with Gasteiger partial charge >= 0.3 is 0 Å². The molecule has 0 aliphatic carbocycles. The maximum atomic E-state index is 11.7. The van der Waals surface area contributed by atoms with Crippen molar-refractivity contribution in [3.05, 3.63) is 34.7 Å². The normalized spacial score (nSPS) is 13.1. The van der Waals surface area contributed by atoms with Gasteiger partial charge in [0, 0.05) is 12.7 Å². The van der Waals surface area contributed by atoms with E-state index in [0.717, 1.165) is 11.6 Å².